The number of amides is 1. The van der Waals surface area contributed by atoms with Crippen LogP contribution in [0.1, 0.15) is 12.8 Å². The van der Waals surface area contributed by atoms with Gasteiger partial charge in [0, 0.05) is 12.1 Å². The van der Waals surface area contributed by atoms with Crippen molar-refractivity contribution in [1.29, 1.82) is 0 Å². The fourth-order valence-corrected chi connectivity index (χ4v) is 2.04. The molecule has 0 heterocycles. The molecule has 1 aromatic rings. The van der Waals surface area contributed by atoms with E-state index in [2.05, 4.69) is 5.32 Å². The number of carbonyl (C=O) groups excluding carboxylic acids is 1. The topological polar surface area (TPSA) is 119 Å². The maximum Gasteiger partial charge on any atom is 0.306 e. The first-order valence-corrected chi connectivity index (χ1v) is 6.35. The number of carboxylic acids is 1. The minimum absolute atomic E-state index is 0.115. The molecule has 1 fully saturated rings. The van der Waals surface area contributed by atoms with Crippen LogP contribution >= 0.6 is 0 Å². The Kier molecular flexibility index (Phi) is 4.36. The van der Waals surface area contributed by atoms with E-state index in [0.29, 0.717) is 12.8 Å². The molecule has 2 N–H and O–H groups in total. The largest absolute Gasteiger partial charge is 0.484 e. The van der Waals surface area contributed by atoms with Crippen molar-refractivity contribution in [1.82, 2.24) is 5.32 Å². The second-order valence-electron chi connectivity index (χ2n) is 4.81. The molecule has 0 atom stereocenters. The van der Waals surface area contributed by atoms with Crippen molar-refractivity contribution in [2.75, 3.05) is 6.61 Å². The first-order valence-electron chi connectivity index (χ1n) is 6.35. The Bertz CT molecular complexity index is 568. The summed E-state index contributed by atoms with van der Waals surface area (Å²) in [6.07, 6.45) is 0.829. The Morgan fingerprint density at radius 1 is 1.43 bits per heavy atom. The molecule has 0 aromatic heterocycles. The molecule has 1 amide bonds. The number of nitro groups is 1. The van der Waals surface area contributed by atoms with Crippen LogP contribution in [0.4, 0.5) is 5.69 Å². The number of hydrogen-bond acceptors (Lipinski definition) is 5. The quantitative estimate of drug-likeness (QED) is 0.595. The highest BCUT2D eigenvalue weighted by atomic mass is 16.6. The summed E-state index contributed by atoms with van der Waals surface area (Å²) in [5.41, 5.74) is -0.115. The molecule has 0 bridgehead atoms. The zero-order chi connectivity index (χ0) is 15.4. The average Bonchev–Trinajstić information content (AvgIpc) is 2.40. The van der Waals surface area contributed by atoms with E-state index in [-0.39, 0.29) is 30.0 Å². The summed E-state index contributed by atoms with van der Waals surface area (Å²) < 4.78 is 5.17. The molecule has 1 aromatic carbocycles. The lowest BCUT2D eigenvalue weighted by Crippen LogP contribution is -2.48. The second-order valence-corrected chi connectivity index (χ2v) is 4.81. The molecule has 21 heavy (non-hydrogen) atoms. The number of nitrogens with one attached hydrogen (secondary N) is 1. The van der Waals surface area contributed by atoms with Crippen LogP contribution in [0.25, 0.3) is 0 Å². The van der Waals surface area contributed by atoms with Crippen LogP contribution < -0.4 is 10.1 Å². The van der Waals surface area contributed by atoms with Crippen LogP contribution in [-0.2, 0) is 9.59 Å². The third kappa shape index (κ3) is 3.91. The Balaban J connectivity index is 1.76. The molecule has 1 aliphatic carbocycles. The van der Waals surface area contributed by atoms with E-state index in [1.54, 1.807) is 0 Å². The van der Waals surface area contributed by atoms with Gasteiger partial charge in [-0.05, 0) is 18.9 Å². The van der Waals surface area contributed by atoms with Gasteiger partial charge in [0.1, 0.15) is 5.75 Å². The monoisotopic (exact) mass is 294 g/mol. The van der Waals surface area contributed by atoms with E-state index in [1.165, 1.54) is 24.3 Å². The van der Waals surface area contributed by atoms with Gasteiger partial charge in [-0.1, -0.05) is 6.07 Å². The highest BCUT2D eigenvalue weighted by Gasteiger charge is 2.35. The van der Waals surface area contributed by atoms with Crippen molar-refractivity contribution in [3.63, 3.8) is 0 Å². The fraction of sp³-hybridized carbons (Fsp3) is 0.385. The van der Waals surface area contributed by atoms with Crippen molar-refractivity contribution in [2.45, 2.75) is 18.9 Å². The van der Waals surface area contributed by atoms with Crippen LogP contribution in [0.15, 0.2) is 24.3 Å². The maximum atomic E-state index is 11.6. The summed E-state index contributed by atoms with van der Waals surface area (Å²) in [5.74, 6) is -1.40. The summed E-state index contributed by atoms with van der Waals surface area (Å²) >= 11 is 0. The molecule has 8 heteroatoms. The molecule has 0 aliphatic heterocycles. The third-order valence-corrected chi connectivity index (χ3v) is 3.25. The first-order chi connectivity index (χ1) is 9.95. The number of carboxylic acid groups (broad SMARTS) is 1. The number of nitro benzene ring substituents is 1. The van der Waals surface area contributed by atoms with Crippen molar-refractivity contribution < 1.29 is 24.4 Å². The summed E-state index contributed by atoms with van der Waals surface area (Å²) in [7, 11) is 0. The molecule has 1 aliphatic rings. The van der Waals surface area contributed by atoms with Crippen LogP contribution in [0.5, 0.6) is 5.75 Å². The maximum absolute atomic E-state index is 11.6. The fourth-order valence-electron chi connectivity index (χ4n) is 2.04. The number of non-ortho nitro benzene ring substituents is 1. The highest BCUT2D eigenvalue weighted by molar-refractivity contribution is 5.78. The van der Waals surface area contributed by atoms with E-state index < -0.39 is 16.8 Å². The summed E-state index contributed by atoms with van der Waals surface area (Å²) in [4.78, 5) is 32.3. The Hall–Kier alpha value is -2.64. The Morgan fingerprint density at radius 3 is 2.76 bits per heavy atom. The number of carbonyl (C=O) groups is 2. The highest BCUT2D eigenvalue weighted by Crippen LogP contribution is 2.27. The molecule has 0 radical (unpaired) electrons. The van der Waals surface area contributed by atoms with Crippen LogP contribution in [0.3, 0.4) is 0 Å². The van der Waals surface area contributed by atoms with Crippen molar-refractivity contribution in [3.8, 4) is 5.75 Å². The van der Waals surface area contributed by atoms with Crippen molar-refractivity contribution >= 4 is 17.6 Å². The predicted octanol–water partition coefficient (Wildman–Crippen LogP) is 0.953. The van der Waals surface area contributed by atoms with Crippen molar-refractivity contribution in [2.24, 2.45) is 5.92 Å². The summed E-state index contributed by atoms with van der Waals surface area (Å²) in [6.45, 7) is -0.268. The average molecular weight is 294 g/mol. The minimum Gasteiger partial charge on any atom is -0.484 e. The van der Waals surface area contributed by atoms with Gasteiger partial charge in [0.15, 0.2) is 6.61 Å². The van der Waals surface area contributed by atoms with Gasteiger partial charge in [0.05, 0.1) is 16.9 Å². The summed E-state index contributed by atoms with van der Waals surface area (Å²) in [6, 6.07) is 5.40. The van der Waals surface area contributed by atoms with Gasteiger partial charge in [-0.2, -0.15) is 0 Å². The zero-order valence-electron chi connectivity index (χ0n) is 11.0. The van der Waals surface area contributed by atoms with Gasteiger partial charge in [-0.3, -0.25) is 19.7 Å². The molecule has 2 rings (SSSR count). The van der Waals surface area contributed by atoms with E-state index in [0.717, 1.165) is 0 Å². The van der Waals surface area contributed by atoms with Gasteiger partial charge in [0.2, 0.25) is 0 Å². The molecule has 8 nitrogen and oxygen atoms in total. The van der Waals surface area contributed by atoms with Gasteiger partial charge in [-0.15, -0.1) is 0 Å². The lowest BCUT2D eigenvalue weighted by atomic mass is 9.80. The second kappa shape index (κ2) is 6.21. The summed E-state index contributed by atoms with van der Waals surface area (Å²) in [5, 5.41) is 22.0. The number of hydrogen-bond donors (Lipinski definition) is 2. The predicted molar refractivity (Wildman–Crippen MR) is 70.9 cm³/mol. The number of aliphatic carboxylic acids is 1. The van der Waals surface area contributed by atoms with Gasteiger partial charge >= 0.3 is 5.97 Å². The molecule has 112 valence electrons. The normalized spacial score (nSPS) is 20.2. The van der Waals surface area contributed by atoms with Gasteiger partial charge in [-0.25, -0.2) is 0 Å². The molecular formula is C13H14N2O6. The molecule has 0 spiro atoms. The minimum atomic E-state index is -0.853. The van der Waals surface area contributed by atoms with Crippen LogP contribution in [0, 0.1) is 16.0 Å². The SMILES string of the molecule is O=C(COc1cccc([N+](=O)[O-])c1)NC1CC(C(=O)O)C1. The van der Waals surface area contributed by atoms with E-state index in [9.17, 15) is 19.7 Å². The lowest BCUT2D eigenvalue weighted by molar-refractivity contribution is -0.384. The van der Waals surface area contributed by atoms with Crippen LogP contribution in [-0.4, -0.2) is 34.6 Å². The van der Waals surface area contributed by atoms with Crippen LogP contribution in [0.2, 0.25) is 0 Å². The first kappa shape index (κ1) is 14.8. The lowest BCUT2D eigenvalue weighted by Gasteiger charge is -2.32. The number of nitrogens with zero attached hydrogens (tertiary/aromatic N) is 1. The van der Waals surface area contributed by atoms with E-state index in [1.807, 2.05) is 0 Å². The third-order valence-electron chi connectivity index (χ3n) is 3.25. The zero-order valence-corrected chi connectivity index (χ0v) is 11.0. The van der Waals surface area contributed by atoms with Gasteiger partial charge < -0.3 is 15.2 Å². The Labute approximate surface area is 119 Å². The molecular weight excluding hydrogens is 280 g/mol. The van der Waals surface area contributed by atoms with Crippen molar-refractivity contribution in [3.05, 3.63) is 34.4 Å². The molecule has 0 unspecified atom stereocenters. The molecule has 0 saturated heterocycles. The standard InChI is InChI=1S/C13H14N2O6/c16-12(14-9-4-8(5-9)13(17)18)7-21-11-3-1-2-10(6-11)15(19)20/h1-3,6,8-9H,4-5,7H2,(H,14,16)(H,17,18). The number of benzene rings is 1. The Morgan fingerprint density at radius 2 is 2.14 bits per heavy atom. The number of rotatable bonds is 6. The van der Waals surface area contributed by atoms with E-state index >= 15 is 0 Å². The number of ether oxygens (including phenoxy) is 1. The van der Waals surface area contributed by atoms with E-state index in [4.69, 9.17) is 9.84 Å². The smallest absolute Gasteiger partial charge is 0.306 e. The van der Waals surface area contributed by atoms with Gasteiger partial charge in [0.25, 0.3) is 11.6 Å². The molecule has 1 saturated carbocycles.